The molecule has 0 atom stereocenters. The van der Waals surface area contributed by atoms with Gasteiger partial charge in [0, 0.05) is 18.3 Å². The van der Waals surface area contributed by atoms with Crippen LogP contribution in [0.3, 0.4) is 0 Å². The Labute approximate surface area is 85.1 Å². The van der Waals surface area contributed by atoms with Crippen molar-refractivity contribution in [3.05, 3.63) is 21.6 Å². The molecule has 1 N–H and O–H groups in total. The van der Waals surface area contributed by atoms with E-state index in [0.717, 1.165) is 30.5 Å². The predicted molar refractivity (Wildman–Crippen MR) is 58.7 cm³/mol. The maximum Gasteiger partial charge on any atom is 0.267 e. The molecule has 0 spiro atoms. The van der Waals surface area contributed by atoms with Gasteiger partial charge in [0.15, 0.2) is 0 Å². The van der Waals surface area contributed by atoms with E-state index in [-0.39, 0.29) is 5.56 Å². The molecule has 1 heterocycles. The van der Waals surface area contributed by atoms with Gasteiger partial charge in [-0.3, -0.25) is 14.6 Å². The molecule has 0 aliphatic rings. The fourth-order valence-electron chi connectivity index (χ4n) is 1.93. The molecule has 0 amide bonds. The minimum Gasteiger partial charge on any atom is -0.292 e. The number of hydrogen-bond donors (Lipinski definition) is 1. The van der Waals surface area contributed by atoms with Crippen molar-refractivity contribution in [3.8, 4) is 0 Å². The van der Waals surface area contributed by atoms with Gasteiger partial charge in [0.1, 0.15) is 0 Å². The van der Waals surface area contributed by atoms with Gasteiger partial charge in [-0.1, -0.05) is 27.2 Å². The third-order valence-electron chi connectivity index (χ3n) is 2.54. The summed E-state index contributed by atoms with van der Waals surface area (Å²) < 4.78 is 1.86. The number of unbranched alkanes of at least 4 members (excludes halogenated alkanes) is 1. The van der Waals surface area contributed by atoms with Crippen molar-refractivity contribution in [2.45, 2.75) is 46.0 Å². The molecule has 1 aromatic heterocycles. The Hall–Kier alpha value is -0.990. The van der Waals surface area contributed by atoms with Crippen LogP contribution < -0.4 is 5.56 Å². The van der Waals surface area contributed by atoms with Crippen LogP contribution in [0.2, 0.25) is 0 Å². The highest BCUT2D eigenvalue weighted by Crippen LogP contribution is 2.17. The highest BCUT2D eigenvalue weighted by atomic mass is 16.1. The Bertz CT molecular complexity index is 347. The maximum atomic E-state index is 11.6. The number of nitrogens with one attached hydrogen (secondary N) is 1. The molecular formula is C11H20N2O. The summed E-state index contributed by atoms with van der Waals surface area (Å²) in [6.07, 6.45) is 3.12. The van der Waals surface area contributed by atoms with Gasteiger partial charge in [-0.05, 0) is 18.8 Å². The van der Waals surface area contributed by atoms with Crippen molar-refractivity contribution >= 4 is 0 Å². The molecule has 0 unspecified atom stereocenters. The van der Waals surface area contributed by atoms with Crippen LogP contribution in [0.1, 0.15) is 50.8 Å². The zero-order chi connectivity index (χ0) is 10.7. The maximum absolute atomic E-state index is 11.6. The lowest BCUT2D eigenvalue weighted by Gasteiger charge is -2.08. The van der Waals surface area contributed by atoms with Crippen LogP contribution in [-0.4, -0.2) is 9.78 Å². The van der Waals surface area contributed by atoms with Gasteiger partial charge >= 0.3 is 0 Å². The molecule has 1 aromatic rings. The third kappa shape index (κ3) is 2.08. The summed E-state index contributed by atoms with van der Waals surface area (Å²) in [6, 6.07) is 0. The van der Waals surface area contributed by atoms with Crippen molar-refractivity contribution in [2.24, 2.45) is 7.05 Å². The molecule has 0 saturated heterocycles. The first-order chi connectivity index (χ1) is 6.57. The molecule has 0 aliphatic heterocycles. The second-order valence-electron chi connectivity index (χ2n) is 4.12. The molecule has 0 aliphatic carbocycles. The number of aromatic amines is 1. The second kappa shape index (κ2) is 4.49. The number of aromatic nitrogens is 2. The lowest BCUT2D eigenvalue weighted by atomic mass is 10.0. The molecule has 80 valence electrons. The number of aryl methyl sites for hydroxylation is 1. The summed E-state index contributed by atoms with van der Waals surface area (Å²) in [5.74, 6) is 0.408. The lowest BCUT2D eigenvalue weighted by Crippen LogP contribution is -2.07. The Balaban J connectivity index is 3.05. The van der Waals surface area contributed by atoms with E-state index in [4.69, 9.17) is 0 Å². The van der Waals surface area contributed by atoms with Crippen molar-refractivity contribution < 1.29 is 0 Å². The van der Waals surface area contributed by atoms with E-state index in [0.29, 0.717) is 5.92 Å². The Morgan fingerprint density at radius 1 is 1.43 bits per heavy atom. The van der Waals surface area contributed by atoms with E-state index < -0.39 is 0 Å². The number of nitrogens with zero attached hydrogens (tertiary/aromatic N) is 1. The predicted octanol–water partition coefficient (Wildman–Crippen LogP) is 2.18. The third-order valence-corrected chi connectivity index (χ3v) is 2.54. The largest absolute Gasteiger partial charge is 0.292 e. The monoisotopic (exact) mass is 196 g/mol. The van der Waals surface area contributed by atoms with E-state index in [1.165, 1.54) is 0 Å². The van der Waals surface area contributed by atoms with Crippen LogP contribution >= 0.6 is 0 Å². The average molecular weight is 196 g/mol. The molecule has 0 aromatic carbocycles. The SMILES string of the molecule is CCCCc1c(C(C)C)n(C)[nH]c1=O. The summed E-state index contributed by atoms with van der Waals surface area (Å²) in [4.78, 5) is 11.6. The zero-order valence-corrected chi connectivity index (χ0v) is 9.55. The van der Waals surface area contributed by atoms with Crippen molar-refractivity contribution in [2.75, 3.05) is 0 Å². The topological polar surface area (TPSA) is 37.8 Å². The quantitative estimate of drug-likeness (QED) is 0.787. The molecule has 3 heteroatoms. The smallest absolute Gasteiger partial charge is 0.267 e. The standard InChI is InChI=1S/C11H20N2O/c1-5-6-7-9-10(8(2)3)13(4)12-11(9)14/h8H,5-7H2,1-4H3,(H,12,14). The molecule has 3 nitrogen and oxygen atoms in total. The molecule has 1 rings (SSSR count). The van der Waals surface area contributed by atoms with Crippen LogP contribution in [-0.2, 0) is 13.5 Å². The van der Waals surface area contributed by atoms with Gasteiger partial charge in [0.2, 0.25) is 0 Å². The molecular weight excluding hydrogens is 176 g/mol. The first-order valence-corrected chi connectivity index (χ1v) is 5.35. The van der Waals surface area contributed by atoms with Gasteiger partial charge in [-0.15, -0.1) is 0 Å². The first-order valence-electron chi connectivity index (χ1n) is 5.35. The molecule has 0 saturated carbocycles. The van der Waals surface area contributed by atoms with Crippen LogP contribution in [0.25, 0.3) is 0 Å². The van der Waals surface area contributed by atoms with Crippen LogP contribution in [0.4, 0.5) is 0 Å². The van der Waals surface area contributed by atoms with Crippen molar-refractivity contribution in [1.29, 1.82) is 0 Å². The van der Waals surface area contributed by atoms with Crippen LogP contribution in [0, 0.1) is 0 Å². The number of H-pyrrole nitrogens is 1. The highest BCUT2D eigenvalue weighted by Gasteiger charge is 2.14. The van der Waals surface area contributed by atoms with Gasteiger partial charge < -0.3 is 0 Å². The highest BCUT2D eigenvalue weighted by molar-refractivity contribution is 5.21. The molecule has 0 fully saturated rings. The second-order valence-corrected chi connectivity index (χ2v) is 4.12. The molecule has 0 bridgehead atoms. The number of hydrogen-bond acceptors (Lipinski definition) is 1. The minimum atomic E-state index is 0.0876. The van der Waals surface area contributed by atoms with E-state index in [2.05, 4.69) is 25.9 Å². The first kappa shape index (κ1) is 11.1. The fourth-order valence-corrected chi connectivity index (χ4v) is 1.93. The molecule has 0 radical (unpaired) electrons. The van der Waals surface area contributed by atoms with E-state index in [9.17, 15) is 4.79 Å². The zero-order valence-electron chi connectivity index (χ0n) is 9.55. The van der Waals surface area contributed by atoms with Crippen molar-refractivity contribution in [1.82, 2.24) is 9.78 Å². The lowest BCUT2D eigenvalue weighted by molar-refractivity contribution is 0.657. The van der Waals surface area contributed by atoms with Gasteiger partial charge in [-0.2, -0.15) is 0 Å². The minimum absolute atomic E-state index is 0.0876. The van der Waals surface area contributed by atoms with Gasteiger partial charge in [0.25, 0.3) is 5.56 Å². The Morgan fingerprint density at radius 2 is 2.07 bits per heavy atom. The summed E-state index contributed by atoms with van der Waals surface area (Å²) in [5.41, 5.74) is 2.22. The normalized spacial score (nSPS) is 11.2. The van der Waals surface area contributed by atoms with Crippen LogP contribution in [0.15, 0.2) is 4.79 Å². The molecule has 14 heavy (non-hydrogen) atoms. The number of rotatable bonds is 4. The van der Waals surface area contributed by atoms with Crippen LogP contribution in [0.5, 0.6) is 0 Å². The van der Waals surface area contributed by atoms with E-state index >= 15 is 0 Å². The Kier molecular flexibility index (Phi) is 3.55. The van der Waals surface area contributed by atoms with Gasteiger partial charge in [-0.25, -0.2) is 0 Å². The summed E-state index contributed by atoms with van der Waals surface area (Å²) >= 11 is 0. The fraction of sp³-hybridized carbons (Fsp3) is 0.727. The summed E-state index contributed by atoms with van der Waals surface area (Å²) in [5, 5.41) is 2.83. The van der Waals surface area contributed by atoms with E-state index in [1.807, 2.05) is 11.7 Å². The van der Waals surface area contributed by atoms with E-state index in [1.54, 1.807) is 0 Å². The van der Waals surface area contributed by atoms with Gasteiger partial charge in [0.05, 0.1) is 0 Å². The summed E-state index contributed by atoms with van der Waals surface area (Å²) in [7, 11) is 1.91. The summed E-state index contributed by atoms with van der Waals surface area (Å²) in [6.45, 7) is 6.39. The van der Waals surface area contributed by atoms with Crippen molar-refractivity contribution in [3.63, 3.8) is 0 Å². The Morgan fingerprint density at radius 3 is 2.57 bits per heavy atom. The average Bonchev–Trinajstić information content (AvgIpc) is 2.37.